The fourth-order valence-corrected chi connectivity index (χ4v) is 2.82. The van der Waals surface area contributed by atoms with Crippen molar-refractivity contribution in [2.24, 2.45) is 5.41 Å². The normalized spacial score (nSPS) is 18.8. The number of nitrogens with zero attached hydrogens (tertiary/aromatic N) is 1. The van der Waals surface area contributed by atoms with E-state index in [1.165, 1.54) is 29.2 Å². The van der Waals surface area contributed by atoms with E-state index in [1.807, 2.05) is 12.4 Å². The van der Waals surface area contributed by atoms with Crippen LogP contribution in [0.5, 0.6) is 0 Å². The van der Waals surface area contributed by atoms with Crippen molar-refractivity contribution in [3.63, 3.8) is 0 Å². The summed E-state index contributed by atoms with van der Waals surface area (Å²) < 4.78 is 0. The van der Waals surface area contributed by atoms with Crippen molar-refractivity contribution in [1.29, 1.82) is 0 Å². The summed E-state index contributed by atoms with van der Waals surface area (Å²) in [6.45, 7) is 5.59. The van der Waals surface area contributed by atoms with Gasteiger partial charge >= 0.3 is 0 Å². The maximum absolute atomic E-state index is 4.22. The largest absolute Gasteiger partial charge is 0.310 e. The summed E-state index contributed by atoms with van der Waals surface area (Å²) in [5.74, 6) is 0. The highest BCUT2D eigenvalue weighted by Crippen LogP contribution is 2.55. The van der Waals surface area contributed by atoms with Crippen LogP contribution in [0.25, 0.3) is 10.8 Å². The van der Waals surface area contributed by atoms with Gasteiger partial charge in [-0.1, -0.05) is 32.0 Å². The molecule has 0 bridgehead atoms. The van der Waals surface area contributed by atoms with Crippen LogP contribution >= 0.6 is 0 Å². The molecule has 1 aliphatic rings. The lowest BCUT2D eigenvalue weighted by Crippen LogP contribution is -2.28. The van der Waals surface area contributed by atoms with E-state index in [4.69, 9.17) is 0 Å². The Balaban J connectivity index is 2.11. The van der Waals surface area contributed by atoms with Gasteiger partial charge in [0.25, 0.3) is 0 Å². The summed E-state index contributed by atoms with van der Waals surface area (Å²) in [4.78, 5) is 4.22. The molecule has 1 unspecified atom stereocenters. The lowest BCUT2D eigenvalue weighted by atomic mass is 9.89. The molecule has 2 nitrogen and oxygen atoms in total. The van der Waals surface area contributed by atoms with E-state index in [1.54, 1.807) is 0 Å². The maximum atomic E-state index is 4.22. The molecule has 1 N–H and O–H groups in total. The molecule has 1 atom stereocenters. The second-order valence-electron chi connectivity index (χ2n) is 5.59. The zero-order valence-corrected chi connectivity index (χ0v) is 11.1. The fraction of sp³-hybridized carbons (Fsp3) is 0.438. The molecule has 1 heterocycles. The first kappa shape index (κ1) is 11.7. The first-order valence-electron chi connectivity index (χ1n) is 6.80. The van der Waals surface area contributed by atoms with Crippen LogP contribution in [0.15, 0.2) is 36.7 Å². The Morgan fingerprint density at radius 1 is 1.33 bits per heavy atom. The molecule has 0 saturated heterocycles. The molecule has 0 aliphatic heterocycles. The third-order valence-electron chi connectivity index (χ3n) is 4.17. The fourth-order valence-electron chi connectivity index (χ4n) is 2.82. The molecule has 1 aromatic carbocycles. The molecule has 3 rings (SSSR count). The Bertz CT molecular complexity index is 553. The number of benzene rings is 1. The minimum atomic E-state index is 0.438. The van der Waals surface area contributed by atoms with Gasteiger partial charge in [-0.2, -0.15) is 0 Å². The number of pyridine rings is 1. The highest BCUT2D eigenvalue weighted by molar-refractivity contribution is 5.85. The molecule has 0 amide bonds. The molecule has 1 aromatic heterocycles. The molecule has 1 aliphatic carbocycles. The predicted octanol–water partition coefficient (Wildman–Crippen LogP) is 3.69. The molecule has 2 aromatic rings. The van der Waals surface area contributed by atoms with E-state index in [-0.39, 0.29) is 0 Å². The average Bonchev–Trinajstić information content (AvgIpc) is 3.14. The van der Waals surface area contributed by atoms with Gasteiger partial charge in [-0.05, 0) is 41.8 Å². The van der Waals surface area contributed by atoms with E-state index in [0.717, 1.165) is 6.54 Å². The zero-order chi connectivity index (χ0) is 12.6. The molecule has 94 valence electrons. The summed E-state index contributed by atoms with van der Waals surface area (Å²) in [6.07, 6.45) is 6.50. The Morgan fingerprint density at radius 3 is 2.89 bits per heavy atom. The number of hydrogen-bond acceptors (Lipinski definition) is 2. The lowest BCUT2D eigenvalue weighted by Gasteiger charge is -2.26. The van der Waals surface area contributed by atoms with Gasteiger partial charge in [-0.25, -0.2) is 0 Å². The molecule has 2 heteroatoms. The topological polar surface area (TPSA) is 24.9 Å². The van der Waals surface area contributed by atoms with Crippen LogP contribution in [0, 0.1) is 5.41 Å². The first-order valence-corrected chi connectivity index (χ1v) is 6.80. The third-order valence-corrected chi connectivity index (χ3v) is 4.17. The zero-order valence-electron chi connectivity index (χ0n) is 11.1. The smallest absolute Gasteiger partial charge is 0.0380 e. The second-order valence-corrected chi connectivity index (χ2v) is 5.59. The van der Waals surface area contributed by atoms with Gasteiger partial charge in [0.1, 0.15) is 0 Å². The molecule has 18 heavy (non-hydrogen) atoms. The molecular weight excluding hydrogens is 220 g/mol. The average molecular weight is 240 g/mol. The monoisotopic (exact) mass is 240 g/mol. The molecular formula is C16H20N2. The Hall–Kier alpha value is -1.41. The van der Waals surface area contributed by atoms with Crippen LogP contribution < -0.4 is 5.32 Å². The van der Waals surface area contributed by atoms with Gasteiger partial charge in [-0.3, -0.25) is 4.98 Å². The molecule has 0 radical (unpaired) electrons. The van der Waals surface area contributed by atoms with Gasteiger partial charge in [0.2, 0.25) is 0 Å². The van der Waals surface area contributed by atoms with Crippen LogP contribution in [0.3, 0.4) is 0 Å². The number of fused-ring (bicyclic) bond motifs is 1. The van der Waals surface area contributed by atoms with E-state index in [2.05, 4.69) is 48.4 Å². The minimum Gasteiger partial charge on any atom is -0.310 e. The van der Waals surface area contributed by atoms with Gasteiger partial charge < -0.3 is 5.32 Å². The number of aromatic nitrogens is 1. The number of rotatable bonds is 4. The maximum Gasteiger partial charge on any atom is 0.0380 e. The van der Waals surface area contributed by atoms with E-state index < -0.39 is 0 Å². The van der Waals surface area contributed by atoms with Gasteiger partial charge in [-0.15, -0.1) is 0 Å². The second kappa shape index (κ2) is 4.36. The third kappa shape index (κ3) is 1.91. The lowest BCUT2D eigenvalue weighted by molar-refractivity contribution is 0.375. The molecule has 1 saturated carbocycles. The van der Waals surface area contributed by atoms with Crippen LogP contribution in [0.1, 0.15) is 38.3 Å². The van der Waals surface area contributed by atoms with E-state index in [0.29, 0.717) is 11.5 Å². The minimum absolute atomic E-state index is 0.438. The van der Waals surface area contributed by atoms with Crippen LogP contribution in [-0.2, 0) is 0 Å². The predicted molar refractivity (Wildman–Crippen MR) is 75.5 cm³/mol. The summed E-state index contributed by atoms with van der Waals surface area (Å²) in [5, 5.41) is 6.25. The van der Waals surface area contributed by atoms with Crippen molar-refractivity contribution in [2.75, 3.05) is 6.54 Å². The Labute approximate surface area is 108 Å². The van der Waals surface area contributed by atoms with Crippen LogP contribution in [0.4, 0.5) is 0 Å². The Kier molecular flexibility index (Phi) is 2.83. The van der Waals surface area contributed by atoms with Gasteiger partial charge in [0.15, 0.2) is 0 Å². The van der Waals surface area contributed by atoms with E-state index in [9.17, 15) is 0 Å². The van der Waals surface area contributed by atoms with Crippen molar-refractivity contribution in [3.8, 4) is 0 Å². The van der Waals surface area contributed by atoms with E-state index >= 15 is 0 Å². The summed E-state index contributed by atoms with van der Waals surface area (Å²) in [7, 11) is 0. The van der Waals surface area contributed by atoms with Crippen molar-refractivity contribution in [3.05, 3.63) is 42.2 Å². The van der Waals surface area contributed by atoms with Crippen molar-refractivity contribution in [2.45, 2.75) is 32.7 Å². The first-order chi connectivity index (χ1) is 8.74. The van der Waals surface area contributed by atoms with Crippen molar-refractivity contribution in [1.82, 2.24) is 10.3 Å². The summed E-state index contributed by atoms with van der Waals surface area (Å²) in [5.41, 5.74) is 1.87. The number of nitrogens with one attached hydrogen (secondary N) is 1. The van der Waals surface area contributed by atoms with Gasteiger partial charge in [0, 0.05) is 23.8 Å². The number of hydrogen-bond donors (Lipinski definition) is 1. The van der Waals surface area contributed by atoms with Crippen molar-refractivity contribution < 1.29 is 0 Å². The standard InChI is InChI=1S/C16H20N2/c1-3-18-15(16(2)8-9-16)14-6-4-5-12-11-17-10-7-13(12)14/h4-7,10-11,15,18H,3,8-9H2,1-2H3. The van der Waals surface area contributed by atoms with Gasteiger partial charge in [0.05, 0.1) is 0 Å². The molecule has 0 spiro atoms. The SMILES string of the molecule is CCNC(c1cccc2cnccc12)C1(C)CC1. The summed E-state index contributed by atoms with van der Waals surface area (Å²) >= 11 is 0. The Morgan fingerprint density at radius 2 is 2.17 bits per heavy atom. The van der Waals surface area contributed by atoms with Crippen LogP contribution in [-0.4, -0.2) is 11.5 Å². The van der Waals surface area contributed by atoms with Crippen LogP contribution in [0.2, 0.25) is 0 Å². The van der Waals surface area contributed by atoms with Crippen molar-refractivity contribution >= 4 is 10.8 Å². The summed E-state index contributed by atoms with van der Waals surface area (Å²) in [6, 6.07) is 9.16. The quantitative estimate of drug-likeness (QED) is 0.881. The molecule has 1 fully saturated rings. The highest BCUT2D eigenvalue weighted by atomic mass is 14.9. The highest BCUT2D eigenvalue weighted by Gasteiger charge is 2.45.